The van der Waals surface area contributed by atoms with Gasteiger partial charge in [0.25, 0.3) is 0 Å². The number of ether oxygens (including phenoxy) is 3. The van der Waals surface area contributed by atoms with E-state index in [2.05, 4.69) is 15.4 Å². The number of rotatable bonds is 5. The van der Waals surface area contributed by atoms with Crippen molar-refractivity contribution in [2.45, 2.75) is 0 Å². The quantitative estimate of drug-likeness (QED) is 0.599. The van der Waals surface area contributed by atoms with Crippen molar-refractivity contribution in [2.24, 2.45) is 0 Å². The summed E-state index contributed by atoms with van der Waals surface area (Å²) in [5.41, 5.74) is 0.559. The van der Waals surface area contributed by atoms with E-state index in [0.29, 0.717) is 11.5 Å². The van der Waals surface area contributed by atoms with Crippen molar-refractivity contribution in [3.63, 3.8) is 0 Å². The molecule has 2 rings (SSSR count). The third-order valence-corrected chi connectivity index (χ3v) is 3.83. The molecule has 0 bridgehead atoms. The summed E-state index contributed by atoms with van der Waals surface area (Å²) < 4.78 is 14.8. The first-order valence-corrected chi connectivity index (χ1v) is 7.99. The Labute approximate surface area is 160 Å². The molecule has 142 valence electrons. The van der Waals surface area contributed by atoms with E-state index >= 15 is 0 Å². The first kappa shape index (κ1) is 20.1. The van der Waals surface area contributed by atoms with Crippen molar-refractivity contribution in [3.8, 4) is 11.5 Å². The first-order chi connectivity index (χ1) is 12.9. The molecular weight excluding hydrogens is 376 g/mol. The molecule has 0 atom stereocenters. The zero-order valence-electron chi connectivity index (χ0n) is 14.8. The van der Waals surface area contributed by atoms with E-state index in [1.54, 1.807) is 12.1 Å². The van der Waals surface area contributed by atoms with Crippen LogP contribution in [-0.4, -0.2) is 39.1 Å². The Hall–Kier alpha value is -3.26. The molecule has 0 heterocycles. The molecule has 0 aliphatic rings. The maximum absolute atomic E-state index is 12.2. The van der Waals surface area contributed by atoms with Crippen LogP contribution in [-0.2, 0) is 14.3 Å². The molecular formula is C18H17ClN2O6. The molecule has 2 N–H and O–H groups in total. The fraction of sp³-hybridized carbons (Fsp3) is 0.167. The lowest BCUT2D eigenvalue weighted by Gasteiger charge is -2.12. The molecule has 2 amide bonds. The van der Waals surface area contributed by atoms with Crippen molar-refractivity contribution < 1.29 is 28.6 Å². The third-order valence-electron chi connectivity index (χ3n) is 3.50. The van der Waals surface area contributed by atoms with Gasteiger partial charge in [-0.1, -0.05) is 11.6 Å². The van der Waals surface area contributed by atoms with Crippen LogP contribution in [0.4, 0.5) is 11.4 Å². The third kappa shape index (κ3) is 4.89. The van der Waals surface area contributed by atoms with Crippen LogP contribution in [0.5, 0.6) is 11.5 Å². The van der Waals surface area contributed by atoms with Crippen LogP contribution in [0.3, 0.4) is 0 Å². The molecule has 2 aromatic carbocycles. The summed E-state index contributed by atoms with van der Waals surface area (Å²) in [5.74, 6) is -1.67. The molecule has 0 aliphatic carbocycles. The van der Waals surface area contributed by atoms with Gasteiger partial charge in [-0.2, -0.15) is 0 Å². The Kier molecular flexibility index (Phi) is 6.62. The second kappa shape index (κ2) is 8.91. The fourth-order valence-electron chi connectivity index (χ4n) is 2.13. The highest BCUT2D eigenvalue weighted by Crippen LogP contribution is 2.29. The van der Waals surface area contributed by atoms with Gasteiger partial charge in [-0.15, -0.1) is 0 Å². The van der Waals surface area contributed by atoms with E-state index in [1.807, 2.05) is 0 Å². The van der Waals surface area contributed by atoms with Gasteiger partial charge in [-0.25, -0.2) is 4.79 Å². The highest BCUT2D eigenvalue weighted by atomic mass is 35.5. The van der Waals surface area contributed by atoms with E-state index < -0.39 is 17.8 Å². The van der Waals surface area contributed by atoms with Gasteiger partial charge in [-0.05, 0) is 30.3 Å². The summed E-state index contributed by atoms with van der Waals surface area (Å²) >= 11 is 6.00. The predicted octanol–water partition coefficient (Wildman–Crippen LogP) is 2.72. The lowest BCUT2D eigenvalue weighted by atomic mass is 10.2. The second-order valence-corrected chi connectivity index (χ2v) is 5.57. The van der Waals surface area contributed by atoms with E-state index in [1.165, 1.54) is 45.6 Å². The monoisotopic (exact) mass is 392 g/mol. The van der Waals surface area contributed by atoms with Gasteiger partial charge < -0.3 is 24.8 Å². The number of hydrogen-bond acceptors (Lipinski definition) is 6. The summed E-state index contributed by atoms with van der Waals surface area (Å²) in [6.07, 6.45) is 0. The Balaban J connectivity index is 2.15. The lowest BCUT2D eigenvalue weighted by molar-refractivity contribution is -0.133. The number of benzene rings is 2. The number of carbonyl (C=O) groups is 3. The van der Waals surface area contributed by atoms with Gasteiger partial charge in [-0.3, -0.25) is 9.59 Å². The number of methoxy groups -OCH3 is 3. The van der Waals surface area contributed by atoms with Gasteiger partial charge in [0.05, 0.1) is 43.3 Å². The van der Waals surface area contributed by atoms with E-state index in [4.69, 9.17) is 21.1 Å². The van der Waals surface area contributed by atoms with Crippen molar-refractivity contribution in [1.82, 2.24) is 0 Å². The number of anilines is 2. The number of halogens is 1. The fourth-order valence-corrected chi connectivity index (χ4v) is 2.29. The summed E-state index contributed by atoms with van der Waals surface area (Å²) in [4.78, 5) is 35.9. The molecule has 0 aromatic heterocycles. The van der Waals surface area contributed by atoms with Gasteiger partial charge in [0.2, 0.25) is 0 Å². The molecule has 2 aromatic rings. The molecule has 0 saturated heterocycles. The molecule has 27 heavy (non-hydrogen) atoms. The van der Waals surface area contributed by atoms with Crippen molar-refractivity contribution in [1.29, 1.82) is 0 Å². The topological polar surface area (TPSA) is 103 Å². The molecule has 0 unspecified atom stereocenters. The SMILES string of the molecule is COC(=O)c1ccc(Cl)c(NC(=O)C(=O)Nc2ccc(OC)cc2OC)c1. The summed E-state index contributed by atoms with van der Waals surface area (Å²) in [6, 6.07) is 8.86. The average Bonchev–Trinajstić information content (AvgIpc) is 2.69. The number of nitrogens with one attached hydrogen (secondary N) is 2. The van der Waals surface area contributed by atoms with E-state index in [-0.39, 0.29) is 22.0 Å². The molecule has 8 nitrogen and oxygen atoms in total. The minimum atomic E-state index is -0.975. The minimum Gasteiger partial charge on any atom is -0.497 e. The standard InChI is InChI=1S/C18H17ClN2O6/c1-25-11-5-7-13(15(9-11)26-2)20-16(22)17(23)21-14-8-10(18(24)27-3)4-6-12(14)19/h4-9H,1-3H3,(H,20,22)(H,21,23). The molecule has 0 fully saturated rings. The zero-order valence-corrected chi connectivity index (χ0v) is 15.5. The van der Waals surface area contributed by atoms with Gasteiger partial charge in [0.1, 0.15) is 11.5 Å². The predicted molar refractivity (Wildman–Crippen MR) is 99.6 cm³/mol. The van der Waals surface area contributed by atoms with Crippen LogP contribution >= 0.6 is 11.6 Å². The van der Waals surface area contributed by atoms with Crippen molar-refractivity contribution in [3.05, 3.63) is 47.0 Å². The number of esters is 1. The maximum Gasteiger partial charge on any atom is 0.337 e. The lowest BCUT2D eigenvalue weighted by Crippen LogP contribution is -2.29. The van der Waals surface area contributed by atoms with E-state index in [9.17, 15) is 14.4 Å². The molecule has 0 saturated carbocycles. The van der Waals surface area contributed by atoms with Crippen molar-refractivity contribution in [2.75, 3.05) is 32.0 Å². The molecule has 0 aliphatic heterocycles. The Morgan fingerprint density at radius 3 is 2.11 bits per heavy atom. The van der Waals surface area contributed by atoms with Crippen LogP contribution in [0.1, 0.15) is 10.4 Å². The van der Waals surface area contributed by atoms with Crippen LogP contribution in [0.2, 0.25) is 5.02 Å². The van der Waals surface area contributed by atoms with Gasteiger partial charge >= 0.3 is 17.8 Å². The minimum absolute atomic E-state index is 0.0985. The number of hydrogen-bond donors (Lipinski definition) is 2. The number of carbonyl (C=O) groups excluding carboxylic acids is 3. The van der Waals surface area contributed by atoms with Gasteiger partial charge in [0.15, 0.2) is 0 Å². The van der Waals surface area contributed by atoms with Crippen LogP contribution in [0, 0.1) is 0 Å². The summed E-state index contributed by atoms with van der Waals surface area (Å²) in [7, 11) is 4.14. The average molecular weight is 393 g/mol. The summed E-state index contributed by atoms with van der Waals surface area (Å²) in [6.45, 7) is 0. The van der Waals surface area contributed by atoms with Crippen LogP contribution in [0.25, 0.3) is 0 Å². The van der Waals surface area contributed by atoms with Crippen molar-refractivity contribution >= 4 is 40.8 Å². The Morgan fingerprint density at radius 2 is 1.52 bits per heavy atom. The Bertz CT molecular complexity index is 884. The second-order valence-electron chi connectivity index (χ2n) is 5.16. The van der Waals surface area contributed by atoms with Crippen LogP contribution < -0.4 is 20.1 Å². The maximum atomic E-state index is 12.2. The highest BCUT2D eigenvalue weighted by Gasteiger charge is 2.18. The summed E-state index contributed by atoms with van der Waals surface area (Å²) in [5, 5.41) is 4.95. The van der Waals surface area contributed by atoms with E-state index in [0.717, 1.165) is 0 Å². The highest BCUT2D eigenvalue weighted by molar-refractivity contribution is 6.45. The smallest absolute Gasteiger partial charge is 0.337 e. The van der Waals surface area contributed by atoms with Crippen LogP contribution in [0.15, 0.2) is 36.4 Å². The number of amides is 2. The molecule has 0 radical (unpaired) electrons. The normalized spacial score (nSPS) is 9.93. The largest absolute Gasteiger partial charge is 0.497 e. The van der Waals surface area contributed by atoms with Gasteiger partial charge in [0, 0.05) is 6.07 Å². The zero-order chi connectivity index (χ0) is 20.0. The Morgan fingerprint density at radius 1 is 0.852 bits per heavy atom. The molecule has 9 heteroatoms. The first-order valence-electron chi connectivity index (χ1n) is 7.61. The molecule has 0 spiro atoms.